The number of hydrogen-bond acceptors (Lipinski definition) is 3. The standard InChI is InChI=1S/C23H32BrNO2.ClH/c1-2-3-15-23(27,20-11-13-21(24)14-12-20)22(18-25-16-7-8-17-26)19-9-5-4-6-10-19;/h4-6,9-14,22,25-27H,2-3,7-8,15-18H2,1H3;1H/p-1. The summed E-state index contributed by atoms with van der Waals surface area (Å²) >= 11 is 3.50. The second-order valence-corrected chi connectivity index (χ2v) is 8.05. The van der Waals surface area contributed by atoms with E-state index in [1.165, 1.54) is 0 Å². The van der Waals surface area contributed by atoms with E-state index in [4.69, 9.17) is 5.11 Å². The van der Waals surface area contributed by atoms with E-state index >= 15 is 0 Å². The zero-order valence-corrected chi connectivity index (χ0v) is 18.9. The molecule has 2 atom stereocenters. The lowest BCUT2D eigenvalue weighted by molar-refractivity contribution is -0.00377. The van der Waals surface area contributed by atoms with Crippen molar-refractivity contribution in [2.45, 2.75) is 50.5 Å². The summed E-state index contributed by atoms with van der Waals surface area (Å²) in [5, 5.41) is 24.4. The topological polar surface area (TPSA) is 52.5 Å². The first-order valence-electron chi connectivity index (χ1n) is 9.96. The molecule has 0 saturated carbocycles. The Balaban J connectivity index is 0.00000392. The summed E-state index contributed by atoms with van der Waals surface area (Å²) < 4.78 is 1.02. The number of unbranched alkanes of at least 4 members (excludes halogenated alkanes) is 2. The summed E-state index contributed by atoms with van der Waals surface area (Å²) in [6.07, 6.45) is 4.48. The Hall–Kier alpha value is -0.910. The summed E-state index contributed by atoms with van der Waals surface area (Å²) in [7, 11) is 0. The summed E-state index contributed by atoms with van der Waals surface area (Å²) in [5.74, 6) is -0.0412. The molecule has 2 unspecified atom stereocenters. The Morgan fingerprint density at radius 3 is 2.29 bits per heavy atom. The van der Waals surface area contributed by atoms with E-state index in [2.05, 4.69) is 40.3 Å². The van der Waals surface area contributed by atoms with Gasteiger partial charge < -0.3 is 27.9 Å². The first kappa shape index (κ1) is 25.1. The van der Waals surface area contributed by atoms with Crippen LogP contribution >= 0.6 is 15.9 Å². The molecule has 2 rings (SSSR count). The third-order valence-corrected chi connectivity index (χ3v) is 5.67. The molecule has 28 heavy (non-hydrogen) atoms. The first-order chi connectivity index (χ1) is 13.1. The predicted molar refractivity (Wildman–Crippen MR) is 116 cm³/mol. The maximum atomic E-state index is 11.9. The number of aliphatic hydroxyl groups excluding tert-OH is 1. The fourth-order valence-corrected chi connectivity index (χ4v) is 3.82. The fourth-order valence-electron chi connectivity index (χ4n) is 3.56. The van der Waals surface area contributed by atoms with E-state index in [1.54, 1.807) is 0 Å². The van der Waals surface area contributed by atoms with Gasteiger partial charge in [-0.3, -0.25) is 0 Å². The van der Waals surface area contributed by atoms with Gasteiger partial charge in [-0.2, -0.15) is 0 Å². The zero-order valence-electron chi connectivity index (χ0n) is 16.6. The van der Waals surface area contributed by atoms with Crippen LogP contribution in [0.2, 0.25) is 0 Å². The van der Waals surface area contributed by atoms with Crippen molar-refractivity contribution in [2.24, 2.45) is 0 Å². The van der Waals surface area contributed by atoms with Crippen molar-refractivity contribution in [3.63, 3.8) is 0 Å². The summed E-state index contributed by atoms with van der Waals surface area (Å²) in [6, 6.07) is 18.4. The maximum absolute atomic E-state index is 11.9. The van der Waals surface area contributed by atoms with Crippen molar-refractivity contribution in [1.82, 2.24) is 5.32 Å². The molecule has 0 amide bonds. The minimum Gasteiger partial charge on any atom is -1.00 e. The Bertz CT molecular complexity index is 653. The minimum atomic E-state index is -0.929. The lowest BCUT2D eigenvalue weighted by Gasteiger charge is -2.38. The maximum Gasteiger partial charge on any atom is 0.0976 e. The SMILES string of the molecule is CCCCC(O)(c1ccc(Br)cc1)C(CNCCCCO)c1ccccc1.[Cl-]. The molecule has 0 aliphatic rings. The highest BCUT2D eigenvalue weighted by Crippen LogP contribution is 2.41. The summed E-state index contributed by atoms with van der Waals surface area (Å²) in [5.41, 5.74) is 1.18. The van der Waals surface area contributed by atoms with Gasteiger partial charge in [-0.15, -0.1) is 0 Å². The molecule has 0 aliphatic heterocycles. The van der Waals surface area contributed by atoms with Crippen LogP contribution in [0.15, 0.2) is 59.1 Å². The van der Waals surface area contributed by atoms with Crippen LogP contribution in [0.5, 0.6) is 0 Å². The highest BCUT2D eigenvalue weighted by molar-refractivity contribution is 9.10. The van der Waals surface area contributed by atoms with E-state index in [1.807, 2.05) is 42.5 Å². The molecule has 0 heterocycles. The molecule has 0 aromatic heterocycles. The lowest BCUT2D eigenvalue weighted by Crippen LogP contribution is -3.00. The fraction of sp³-hybridized carbons (Fsp3) is 0.478. The average molecular weight is 470 g/mol. The second kappa shape index (κ2) is 13.3. The highest BCUT2D eigenvalue weighted by Gasteiger charge is 2.38. The van der Waals surface area contributed by atoms with Crippen LogP contribution < -0.4 is 17.7 Å². The van der Waals surface area contributed by atoms with Crippen LogP contribution in [0, 0.1) is 0 Å². The number of aliphatic hydroxyl groups is 2. The van der Waals surface area contributed by atoms with Gasteiger partial charge in [-0.25, -0.2) is 0 Å². The van der Waals surface area contributed by atoms with Crippen molar-refractivity contribution in [1.29, 1.82) is 0 Å². The predicted octanol–water partition coefficient (Wildman–Crippen LogP) is 1.98. The van der Waals surface area contributed by atoms with Gasteiger partial charge >= 0.3 is 0 Å². The van der Waals surface area contributed by atoms with E-state index in [0.29, 0.717) is 6.54 Å². The van der Waals surface area contributed by atoms with Crippen LogP contribution in [-0.4, -0.2) is 29.9 Å². The van der Waals surface area contributed by atoms with Crippen LogP contribution in [0.4, 0.5) is 0 Å². The molecule has 0 saturated heterocycles. The Labute approximate surface area is 184 Å². The number of rotatable bonds is 12. The van der Waals surface area contributed by atoms with E-state index < -0.39 is 5.60 Å². The van der Waals surface area contributed by atoms with Crippen LogP contribution in [0.25, 0.3) is 0 Å². The molecule has 2 aromatic carbocycles. The van der Waals surface area contributed by atoms with Gasteiger partial charge in [0.25, 0.3) is 0 Å². The van der Waals surface area contributed by atoms with Crippen molar-refractivity contribution >= 4 is 15.9 Å². The van der Waals surface area contributed by atoms with Gasteiger partial charge in [0.2, 0.25) is 0 Å². The Morgan fingerprint density at radius 2 is 1.68 bits per heavy atom. The van der Waals surface area contributed by atoms with Crippen molar-refractivity contribution in [3.8, 4) is 0 Å². The van der Waals surface area contributed by atoms with Gasteiger partial charge in [-0.05, 0) is 49.1 Å². The normalized spacial score (nSPS) is 14.1. The minimum absolute atomic E-state index is 0. The zero-order chi connectivity index (χ0) is 19.5. The van der Waals surface area contributed by atoms with Gasteiger partial charge in [0.15, 0.2) is 0 Å². The van der Waals surface area contributed by atoms with Gasteiger partial charge in [-0.1, -0.05) is 78.2 Å². The Kier molecular flexibility index (Phi) is 12.0. The molecule has 0 aliphatic carbocycles. The Morgan fingerprint density at radius 1 is 1.00 bits per heavy atom. The largest absolute Gasteiger partial charge is 1.00 e. The first-order valence-corrected chi connectivity index (χ1v) is 10.8. The van der Waals surface area contributed by atoms with Crippen LogP contribution in [0.3, 0.4) is 0 Å². The van der Waals surface area contributed by atoms with Gasteiger partial charge in [0.05, 0.1) is 5.60 Å². The quantitative estimate of drug-likeness (QED) is 0.417. The van der Waals surface area contributed by atoms with E-state index in [-0.39, 0.29) is 24.9 Å². The molecular weight excluding hydrogens is 438 g/mol. The third-order valence-electron chi connectivity index (χ3n) is 5.14. The van der Waals surface area contributed by atoms with Crippen LogP contribution in [-0.2, 0) is 5.60 Å². The molecule has 156 valence electrons. The molecule has 5 heteroatoms. The molecule has 0 radical (unpaired) electrons. The van der Waals surface area contributed by atoms with Crippen LogP contribution in [0.1, 0.15) is 56.1 Å². The van der Waals surface area contributed by atoms with Gasteiger partial charge in [0.1, 0.15) is 0 Å². The number of hydrogen-bond donors (Lipinski definition) is 3. The molecule has 0 spiro atoms. The van der Waals surface area contributed by atoms with Crippen molar-refractivity contribution in [3.05, 3.63) is 70.2 Å². The summed E-state index contributed by atoms with van der Waals surface area (Å²) in [4.78, 5) is 0. The molecule has 0 bridgehead atoms. The molecule has 2 aromatic rings. The molecular formula is C23H32BrClNO2-. The van der Waals surface area contributed by atoms with E-state index in [9.17, 15) is 5.11 Å². The lowest BCUT2D eigenvalue weighted by atomic mass is 9.74. The number of halogens is 2. The monoisotopic (exact) mass is 468 g/mol. The second-order valence-electron chi connectivity index (χ2n) is 7.13. The number of nitrogens with one attached hydrogen (secondary N) is 1. The smallest absolute Gasteiger partial charge is 0.0976 e. The van der Waals surface area contributed by atoms with Crippen molar-refractivity contribution in [2.75, 3.05) is 19.7 Å². The van der Waals surface area contributed by atoms with Gasteiger partial charge in [0, 0.05) is 23.5 Å². The summed E-state index contributed by atoms with van der Waals surface area (Å²) in [6.45, 7) is 3.93. The third kappa shape index (κ3) is 7.16. The van der Waals surface area contributed by atoms with E-state index in [0.717, 1.165) is 54.2 Å². The van der Waals surface area contributed by atoms with Crippen molar-refractivity contribution < 1.29 is 22.6 Å². The number of benzene rings is 2. The molecule has 0 fully saturated rings. The highest BCUT2D eigenvalue weighted by atomic mass is 79.9. The molecule has 3 nitrogen and oxygen atoms in total. The average Bonchev–Trinajstić information content (AvgIpc) is 2.70. The molecule has 3 N–H and O–H groups in total.